The SMILES string of the molecule is CC(/C=C\c1ccc(Cc2cccnc2)s1)N(O)C(N)=O. The quantitative estimate of drug-likeness (QED) is 0.658. The minimum Gasteiger partial charge on any atom is -0.350 e. The first kappa shape index (κ1) is 15.2. The van der Waals surface area contributed by atoms with E-state index < -0.39 is 12.1 Å². The summed E-state index contributed by atoms with van der Waals surface area (Å²) in [4.78, 5) is 17.2. The van der Waals surface area contributed by atoms with Crippen LogP contribution in [0.1, 0.15) is 22.2 Å². The maximum Gasteiger partial charge on any atom is 0.339 e. The van der Waals surface area contributed by atoms with Crippen molar-refractivity contribution >= 4 is 23.4 Å². The molecule has 0 saturated heterocycles. The van der Waals surface area contributed by atoms with Gasteiger partial charge in [-0.1, -0.05) is 12.1 Å². The zero-order valence-electron chi connectivity index (χ0n) is 11.6. The van der Waals surface area contributed by atoms with E-state index in [9.17, 15) is 10.0 Å². The van der Waals surface area contributed by atoms with E-state index in [4.69, 9.17) is 5.73 Å². The first-order valence-electron chi connectivity index (χ1n) is 6.49. The molecule has 0 aliphatic heterocycles. The summed E-state index contributed by atoms with van der Waals surface area (Å²) in [6.07, 6.45) is 8.05. The van der Waals surface area contributed by atoms with Gasteiger partial charge in [-0.2, -0.15) is 5.06 Å². The second-order valence-corrected chi connectivity index (χ2v) is 5.82. The van der Waals surface area contributed by atoms with Crippen LogP contribution in [-0.4, -0.2) is 27.3 Å². The lowest BCUT2D eigenvalue weighted by Crippen LogP contribution is -2.38. The van der Waals surface area contributed by atoms with Crippen LogP contribution in [0, 0.1) is 0 Å². The molecule has 2 rings (SSSR count). The predicted molar refractivity (Wildman–Crippen MR) is 83.1 cm³/mol. The van der Waals surface area contributed by atoms with Crippen molar-refractivity contribution in [3.63, 3.8) is 0 Å². The van der Waals surface area contributed by atoms with Gasteiger partial charge in [-0.05, 0) is 36.8 Å². The third kappa shape index (κ3) is 4.40. The number of nitrogens with zero attached hydrogens (tertiary/aromatic N) is 2. The fraction of sp³-hybridized carbons (Fsp3) is 0.200. The number of hydrogen-bond donors (Lipinski definition) is 2. The largest absolute Gasteiger partial charge is 0.350 e. The molecule has 2 aromatic heterocycles. The lowest BCUT2D eigenvalue weighted by molar-refractivity contribution is -0.0560. The Kier molecular flexibility index (Phi) is 5.08. The molecule has 0 aliphatic rings. The molecule has 0 aliphatic carbocycles. The fourth-order valence-electron chi connectivity index (χ4n) is 1.80. The summed E-state index contributed by atoms with van der Waals surface area (Å²) < 4.78 is 0. The third-order valence-corrected chi connectivity index (χ3v) is 3.98. The van der Waals surface area contributed by atoms with E-state index >= 15 is 0 Å². The number of hydroxylamine groups is 2. The van der Waals surface area contributed by atoms with Gasteiger partial charge in [0.25, 0.3) is 0 Å². The Morgan fingerprint density at radius 2 is 2.33 bits per heavy atom. The summed E-state index contributed by atoms with van der Waals surface area (Å²) in [5, 5.41) is 9.88. The number of pyridine rings is 1. The van der Waals surface area contributed by atoms with Crippen LogP contribution >= 0.6 is 11.3 Å². The molecule has 0 bridgehead atoms. The number of carbonyl (C=O) groups is 1. The Bertz CT molecular complexity index is 625. The number of thiophene rings is 1. The van der Waals surface area contributed by atoms with Crippen molar-refractivity contribution in [3.8, 4) is 0 Å². The molecular formula is C15H17N3O2S. The molecule has 0 spiro atoms. The van der Waals surface area contributed by atoms with Crippen molar-refractivity contribution in [2.45, 2.75) is 19.4 Å². The fourth-order valence-corrected chi connectivity index (χ4v) is 2.76. The van der Waals surface area contributed by atoms with Crippen LogP contribution < -0.4 is 5.73 Å². The molecule has 5 nitrogen and oxygen atoms in total. The van der Waals surface area contributed by atoms with Crippen LogP contribution in [0.4, 0.5) is 4.79 Å². The van der Waals surface area contributed by atoms with Crippen LogP contribution in [0.5, 0.6) is 0 Å². The van der Waals surface area contributed by atoms with E-state index in [1.54, 1.807) is 30.5 Å². The topological polar surface area (TPSA) is 79.4 Å². The summed E-state index contributed by atoms with van der Waals surface area (Å²) in [5.41, 5.74) is 6.16. The van der Waals surface area contributed by atoms with Crippen molar-refractivity contribution in [1.82, 2.24) is 10.0 Å². The van der Waals surface area contributed by atoms with Crippen molar-refractivity contribution in [3.05, 3.63) is 58.1 Å². The van der Waals surface area contributed by atoms with Gasteiger partial charge in [-0.25, -0.2) is 4.79 Å². The number of carbonyl (C=O) groups excluding carboxylic acids is 1. The minimum atomic E-state index is -0.865. The normalized spacial score (nSPS) is 12.5. The van der Waals surface area contributed by atoms with E-state index in [1.807, 2.05) is 30.5 Å². The molecule has 2 aromatic rings. The monoisotopic (exact) mass is 303 g/mol. The number of rotatable bonds is 5. The van der Waals surface area contributed by atoms with E-state index in [0.29, 0.717) is 5.06 Å². The summed E-state index contributed by atoms with van der Waals surface area (Å²) in [7, 11) is 0. The Morgan fingerprint density at radius 1 is 1.52 bits per heavy atom. The van der Waals surface area contributed by atoms with Crippen LogP contribution in [0.25, 0.3) is 6.08 Å². The van der Waals surface area contributed by atoms with Gasteiger partial charge in [0.1, 0.15) is 0 Å². The zero-order valence-corrected chi connectivity index (χ0v) is 12.5. The second-order valence-electron chi connectivity index (χ2n) is 4.62. The highest BCUT2D eigenvalue weighted by molar-refractivity contribution is 7.12. The maximum absolute atomic E-state index is 10.8. The van der Waals surface area contributed by atoms with E-state index in [-0.39, 0.29) is 0 Å². The number of aromatic nitrogens is 1. The van der Waals surface area contributed by atoms with Crippen LogP contribution in [0.15, 0.2) is 42.7 Å². The van der Waals surface area contributed by atoms with Crippen molar-refractivity contribution in [1.29, 1.82) is 0 Å². The number of hydrogen-bond acceptors (Lipinski definition) is 4. The number of primary amides is 1. The predicted octanol–water partition coefficient (Wildman–Crippen LogP) is 2.91. The van der Waals surface area contributed by atoms with E-state index in [0.717, 1.165) is 11.3 Å². The van der Waals surface area contributed by atoms with Gasteiger partial charge in [0.05, 0.1) is 6.04 Å². The molecule has 2 amide bonds. The molecule has 6 heteroatoms. The lowest BCUT2D eigenvalue weighted by atomic mass is 10.2. The first-order chi connectivity index (χ1) is 10.1. The number of nitrogens with two attached hydrogens (primary N) is 1. The van der Waals surface area contributed by atoms with Gasteiger partial charge in [0.2, 0.25) is 0 Å². The van der Waals surface area contributed by atoms with Crippen molar-refractivity contribution < 1.29 is 10.0 Å². The number of amides is 2. The summed E-state index contributed by atoms with van der Waals surface area (Å²) in [6.45, 7) is 1.69. The van der Waals surface area contributed by atoms with Gasteiger partial charge in [-0.3, -0.25) is 10.2 Å². The van der Waals surface area contributed by atoms with Gasteiger partial charge >= 0.3 is 6.03 Å². The molecule has 1 atom stereocenters. The molecule has 1 unspecified atom stereocenters. The molecule has 0 saturated carbocycles. The Balaban J connectivity index is 1.98. The Labute approximate surface area is 127 Å². The van der Waals surface area contributed by atoms with Gasteiger partial charge in [-0.15, -0.1) is 11.3 Å². The molecule has 0 fully saturated rings. The second kappa shape index (κ2) is 7.01. The smallest absolute Gasteiger partial charge is 0.339 e. The average molecular weight is 303 g/mol. The highest BCUT2D eigenvalue weighted by Gasteiger charge is 2.11. The summed E-state index contributed by atoms with van der Waals surface area (Å²) in [5.74, 6) is 0. The van der Waals surface area contributed by atoms with Crippen molar-refractivity contribution in [2.24, 2.45) is 5.73 Å². The summed E-state index contributed by atoms with van der Waals surface area (Å²) >= 11 is 1.66. The molecule has 3 N–H and O–H groups in total. The van der Waals surface area contributed by atoms with Gasteiger partial charge in [0, 0.05) is 28.6 Å². The van der Waals surface area contributed by atoms with Gasteiger partial charge in [0.15, 0.2) is 0 Å². The Morgan fingerprint density at radius 3 is 3.00 bits per heavy atom. The molecule has 110 valence electrons. The highest BCUT2D eigenvalue weighted by Crippen LogP contribution is 2.21. The van der Waals surface area contributed by atoms with E-state index in [1.165, 1.54) is 10.4 Å². The van der Waals surface area contributed by atoms with Crippen LogP contribution in [0.3, 0.4) is 0 Å². The van der Waals surface area contributed by atoms with Gasteiger partial charge < -0.3 is 5.73 Å². The molecule has 0 aromatic carbocycles. The minimum absolute atomic E-state index is 0.466. The molecule has 0 radical (unpaired) electrons. The molecule has 2 heterocycles. The maximum atomic E-state index is 10.8. The molecular weight excluding hydrogens is 286 g/mol. The van der Waals surface area contributed by atoms with Crippen molar-refractivity contribution in [2.75, 3.05) is 0 Å². The summed E-state index contributed by atoms with van der Waals surface area (Å²) in [6, 6.07) is 6.70. The number of urea groups is 1. The standard InChI is InChI=1S/C15H17N3O2S/c1-11(18(20)15(16)19)4-5-13-6-7-14(21-13)9-12-3-2-8-17-10-12/h2-8,10-11,20H,9H2,1H3,(H2,16,19)/b5-4-. The van der Waals surface area contributed by atoms with Crippen LogP contribution in [-0.2, 0) is 6.42 Å². The van der Waals surface area contributed by atoms with Crippen LogP contribution in [0.2, 0.25) is 0 Å². The average Bonchev–Trinajstić information content (AvgIpc) is 2.92. The highest BCUT2D eigenvalue weighted by atomic mass is 32.1. The lowest BCUT2D eigenvalue weighted by Gasteiger charge is -2.16. The third-order valence-electron chi connectivity index (χ3n) is 2.93. The molecule has 21 heavy (non-hydrogen) atoms. The van der Waals surface area contributed by atoms with E-state index in [2.05, 4.69) is 11.1 Å². The zero-order chi connectivity index (χ0) is 15.2. The Hall–Kier alpha value is -2.18. The first-order valence-corrected chi connectivity index (χ1v) is 7.31.